The van der Waals surface area contributed by atoms with Gasteiger partial charge in [0.2, 0.25) is 0 Å². The van der Waals surface area contributed by atoms with Gasteiger partial charge in [-0.3, -0.25) is 4.79 Å². The minimum Gasteiger partial charge on any atom is -0.333 e. The van der Waals surface area contributed by atoms with Crippen molar-refractivity contribution in [1.29, 1.82) is 0 Å². The molecule has 2 N–H and O–H groups in total. The van der Waals surface area contributed by atoms with Gasteiger partial charge in [-0.2, -0.15) is 11.8 Å². The van der Waals surface area contributed by atoms with Crippen molar-refractivity contribution in [3.63, 3.8) is 0 Å². The summed E-state index contributed by atoms with van der Waals surface area (Å²) >= 11 is 1.90. The molecule has 1 fully saturated rings. The highest BCUT2D eigenvalue weighted by Crippen LogP contribution is 2.25. The molecule has 106 valence electrons. The fourth-order valence-electron chi connectivity index (χ4n) is 2.18. The molecule has 0 spiro atoms. The van der Waals surface area contributed by atoms with E-state index in [0.29, 0.717) is 16.5 Å². The van der Waals surface area contributed by atoms with Gasteiger partial charge in [-0.25, -0.2) is 4.98 Å². The predicted octanol–water partition coefficient (Wildman–Crippen LogP) is 1.36. The first kappa shape index (κ1) is 14.9. The van der Waals surface area contributed by atoms with E-state index in [9.17, 15) is 4.79 Å². The van der Waals surface area contributed by atoms with Crippen LogP contribution in [0.5, 0.6) is 0 Å². The zero-order chi connectivity index (χ0) is 14.5. The summed E-state index contributed by atoms with van der Waals surface area (Å²) < 4.78 is 0. The average molecular weight is 289 g/mol. The Morgan fingerprint density at radius 1 is 1.60 bits per heavy atom. The van der Waals surface area contributed by atoms with E-state index in [0.717, 1.165) is 12.3 Å². The Hall–Kier alpha value is -1.51. The molecular formula is C15H19N3OS. The van der Waals surface area contributed by atoms with Crippen LogP contribution in [-0.2, 0) is 0 Å². The lowest BCUT2D eigenvalue weighted by atomic mass is 10.1. The molecule has 1 aromatic heterocycles. The van der Waals surface area contributed by atoms with Gasteiger partial charge in [0.25, 0.3) is 5.91 Å². The second-order valence-electron chi connectivity index (χ2n) is 4.72. The highest BCUT2D eigenvalue weighted by molar-refractivity contribution is 8.00. The number of carbonyl (C=O) groups excluding carboxylic acids is 1. The number of thioether (sulfide) groups is 1. The van der Waals surface area contributed by atoms with E-state index in [1.165, 1.54) is 0 Å². The standard InChI is InChI=1S/C15H19N3OS/c1-11-12(2)20-10-9-18(11)15(19)14-13(5-3-7-16)6-4-8-17-14/h4,6,8,11-12H,7,9-10,16H2,1-2H3. The minimum atomic E-state index is -0.0356. The van der Waals surface area contributed by atoms with Crippen molar-refractivity contribution >= 4 is 17.7 Å². The van der Waals surface area contributed by atoms with Crippen molar-refractivity contribution in [2.75, 3.05) is 18.8 Å². The van der Waals surface area contributed by atoms with Gasteiger partial charge >= 0.3 is 0 Å². The average Bonchev–Trinajstić information content (AvgIpc) is 2.47. The van der Waals surface area contributed by atoms with Gasteiger partial charge in [0.05, 0.1) is 12.1 Å². The fraction of sp³-hybridized carbons (Fsp3) is 0.467. The van der Waals surface area contributed by atoms with Crippen LogP contribution in [0.1, 0.15) is 29.9 Å². The molecule has 1 aromatic rings. The van der Waals surface area contributed by atoms with Gasteiger partial charge in [-0.05, 0) is 19.1 Å². The molecule has 2 rings (SSSR count). The largest absolute Gasteiger partial charge is 0.333 e. The lowest BCUT2D eigenvalue weighted by molar-refractivity contribution is 0.0692. The summed E-state index contributed by atoms with van der Waals surface area (Å²) in [4.78, 5) is 18.8. The number of nitrogens with zero attached hydrogens (tertiary/aromatic N) is 2. The van der Waals surface area contributed by atoms with E-state index in [1.54, 1.807) is 12.3 Å². The van der Waals surface area contributed by atoms with Crippen LogP contribution >= 0.6 is 11.8 Å². The van der Waals surface area contributed by atoms with E-state index in [1.807, 2.05) is 22.7 Å². The smallest absolute Gasteiger partial charge is 0.274 e. The monoisotopic (exact) mass is 289 g/mol. The number of carbonyl (C=O) groups is 1. The maximum Gasteiger partial charge on any atom is 0.274 e. The van der Waals surface area contributed by atoms with Crippen molar-refractivity contribution in [3.8, 4) is 11.8 Å². The summed E-state index contributed by atoms with van der Waals surface area (Å²) in [5, 5.41) is 0.440. The summed E-state index contributed by atoms with van der Waals surface area (Å²) in [5.41, 5.74) is 6.48. The van der Waals surface area contributed by atoms with Gasteiger partial charge < -0.3 is 10.6 Å². The normalized spacial score (nSPS) is 22.1. The molecule has 0 bridgehead atoms. The molecule has 1 aliphatic rings. The Bertz CT molecular complexity index is 550. The lowest BCUT2D eigenvalue weighted by Gasteiger charge is -2.37. The van der Waals surface area contributed by atoms with Gasteiger partial charge in [0, 0.05) is 29.8 Å². The lowest BCUT2D eigenvalue weighted by Crippen LogP contribution is -2.48. The fourth-order valence-corrected chi connectivity index (χ4v) is 3.28. The number of hydrogen-bond donors (Lipinski definition) is 1. The Morgan fingerprint density at radius 3 is 3.15 bits per heavy atom. The Balaban J connectivity index is 2.29. The predicted molar refractivity (Wildman–Crippen MR) is 82.6 cm³/mol. The van der Waals surface area contributed by atoms with Crippen LogP contribution in [0, 0.1) is 11.8 Å². The third-order valence-electron chi connectivity index (χ3n) is 3.48. The Kier molecular flexibility index (Phi) is 5.05. The van der Waals surface area contributed by atoms with Crippen LogP contribution in [0.2, 0.25) is 0 Å². The van der Waals surface area contributed by atoms with Crippen LogP contribution in [0.3, 0.4) is 0 Å². The maximum atomic E-state index is 12.7. The van der Waals surface area contributed by atoms with Gasteiger partial charge in [-0.1, -0.05) is 18.8 Å². The quantitative estimate of drug-likeness (QED) is 0.793. The number of aromatic nitrogens is 1. The number of amides is 1. The molecular weight excluding hydrogens is 270 g/mol. The van der Waals surface area contributed by atoms with Gasteiger partial charge in [0.15, 0.2) is 0 Å². The third kappa shape index (κ3) is 3.14. The second-order valence-corrected chi connectivity index (χ2v) is 6.21. The number of nitrogens with two attached hydrogens (primary N) is 1. The first-order valence-electron chi connectivity index (χ1n) is 6.71. The molecule has 1 amide bonds. The van der Waals surface area contributed by atoms with Crippen LogP contribution < -0.4 is 5.73 Å². The summed E-state index contributed by atoms with van der Waals surface area (Å²) in [7, 11) is 0. The molecule has 2 atom stereocenters. The van der Waals surface area contributed by atoms with Crippen molar-refractivity contribution in [3.05, 3.63) is 29.6 Å². The summed E-state index contributed by atoms with van der Waals surface area (Å²) in [6.45, 7) is 5.27. The van der Waals surface area contributed by atoms with Crippen molar-refractivity contribution in [2.45, 2.75) is 25.1 Å². The van der Waals surface area contributed by atoms with Crippen molar-refractivity contribution in [2.24, 2.45) is 5.73 Å². The number of hydrogen-bond acceptors (Lipinski definition) is 4. The second kappa shape index (κ2) is 6.78. The zero-order valence-electron chi connectivity index (χ0n) is 11.8. The van der Waals surface area contributed by atoms with E-state index in [4.69, 9.17) is 5.73 Å². The third-order valence-corrected chi connectivity index (χ3v) is 4.82. The van der Waals surface area contributed by atoms with E-state index < -0.39 is 0 Å². The molecule has 0 aromatic carbocycles. The van der Waals surface area contributed by atoms with Crippen LogP contribution in [0.15, 0.2) is 18.3 Å². The number of pyridine rings is 1. The highest BCUT2D eigenvalue weighted by Gasteiger charge is 2.30. The zero-order valence-corrected chi connectivity index (χ0v) is 12.6. The molecule has 2 heterocycles. The van der Waals surface area contributed by atoms with Gasteiger partial charge in [0.1, 0.15) is 5.69 Å². The molecule has 2 unspecified atom stereocenters. The van der Waals surface area contributed by atoms with Crippen LogP contribution in [0.4, 0.5) is 0 Å². The topological polar surface area (TPSA) is 59.2 Å². The van der Waals surface area contributed by atoms with E-state index >= 15 is 0 Å². The highest BCUT2D eigenvalue weighted by atomic mass is 32.2. The number of rotatable bonds is 1. The summed E-state index contributed by atoms with van der Waals surface area (Å²) in [6.07, 6.45) is 1.63. The minimum absolute atomic E-state index is 0.0356. The van der Waals surface area contributed by atoms with Crippen molar-refractivity contribution < 1.29 is 4.79 Å². The van der Waals surface area contributed by atoms with Crippen molar-refractivity contribution in [1.82, 2.24) is 9.88 Å². The molecule has 0 radical (unpaired) electrons. The molecule has 5 heteroatoms. The molecule has 0 saturated carbocycles. The molecule has 1 aliphatic heterocycles. The first-order valence-corrected chi connectivity index (χ1v) is 7.76. The summed E-state index contributed by atoms with van der Waals surface area (Å²) in [6, 6.07) is 3.81. The Morgan fingerprint density at radius 2 is 2.40 bits per heavy atom. The molecule has 20 heavy (non-hydrogen) atoms. The Labute approximate surface area is 124 Å². The van der Waals surface area contributed by atoms with E-state index in [2.05, 4.69) is 30.7 Å². The molecule has 1 saturated heterocycles. The first-order chi connectivity index (χ1) is 9.65. The van der Waals surface area contributed by atoms with Gasteiger partial charge in [-0.15, -0.1) is 0 Å². The van der Waals surface area contributed by atoms with Crippen LogP contribution in [0.25, 0.3) is 0 Å². The van der Waals surface area contributed by atoms with Crippen LogP contribution in [-0.4, -0.2) is 45.9 Å². The maximum absolute atomic E-state index is 12.7. The summed E-state index contributed by atoms with van der Waals surface area (Å²) in [5.74, 6) is 6.65. The van der Waals surface area contributed by atoms with E-state index in [-0.39, 0.29) is 18.5 Å². The SMILES string of the molecule is CC1SCCN(C(=O)c2ncccc2C#CCN)C1C. The molecule has 0 aliphatic carbocycles. The molecule has 4 nitrogen and oxygen atoms in total.